The molecular formula is C23H26N4O3S. The minimum absolute atomic E-state index is 0.136. The lowest BCUT2D eigenvalue weighted by Crippen LogP contribution is -2.42. The number of morpholine rings is 1. The summed E-state index contributed by atoms with van der Waals surface area (Å²) < 4.78 is 11.1. The number of benzene rings is 1. The van der Waals surface area contributed by atoms with Crippen molar-refractivity contribution < 1.29 is 14.3 Å². The standard InChI is InChI=1S/C23H26N4O3S/c1-16-15-31-23(24-16)26-21-5-3-4-19(25-21)20-14-27(12-13-30-20)22(28)11-8-17-6-9-18(29-2)10-7-17/h3-7,9-10,15,20H,8,11-14H2,1-2H3,(H,24,25,26)/t20-/m1/s1. The van der Waals surface area contributed by atoms with Crippen molar-refractivity contribution >= 4 is 28.2 Å². The van der Waals surface area contributed by atoms with Crippen LogP contribution < -0.4 is 10.1 Å². The Morgan fingerprint density at radius 1 is 1.26 bits per heavy atom. The Labute approximate surface area is 186 Å². The van der Waals surface area contributed by atoms with Gasteiger partial charge in [0.25, 0.3) is 0 Å². The molecule has 0 radical (unpaired) electrons. The van der Waals surface area contributed by atoms with Crippen LogP contribution in [0.1, 0.15) is 29.5 Å². The predicted octanol–water partition coefficient (Wildman–Crippen LogP) is 4.13. The van der Waals surface area contributed by atoms with Gasteiger partial charge in [0.2, 0.25) is 5.91 Å². The Morgan fingerprint density at radius 2 is 2.10 bits per heavy atom. The van der Waals surface area contributed by atoms with E-state index in [2.05, 4.69) is 15.3 Å². The number of aryl methyl sites for hydroxylation is 2. The molecule has 3 aromatic rings. The van der Waals surface area contributed by atoms with Gasteiger partial charge in [0.1, 0.15) is 17.7 Å². The SMILES string of the molecule is COc1ccc(CCC(=O)N2CCO[C@@H](c3cccc(Nc4nc(C)cs4)n3)C2)cc1. The molecule has 31 heavy (non-hydrogen) atoms. The molecule has 4 rings (SSSR count). The molecule has 7 nitrogen and oxygen atoms in total. The molecule has 0 saturated carbocycles. The number of carbonyl (C=O) groups excluding carboxylic acids is 1. The van der Waals surface area contributed by atoms with Crippen molar-refractivity contribution in [3.05, 3.63) is 64.8 Å². The molecule has 0 bridgehead atoms. The summed E-state index contributed by atoms with van der Waals surface area (Å²) in [6, 6.07) is 13.6. The van der Waals surface area contributed by atoms with Gasteiger partial charge in [-0.3, -0.25) is 4.79 Å². The molecule has 1 aromatic carbocycles. The summed E-state index contributed by atoms with van der Waals surface area (Å²) in [5.41, 5.74) is 2.91. The normalized spacial score (nSPS) is 16.2. The average Bonchev–Trinajstić information content (AvgIpc) is 3.22. The first-order valence-corrected chi connectivity index (χ1v) is 11.2. The molecule has 0 aliphatic carbocycles. The molecule has 1 fully saturated rings. The number of anilines is 2. The van der Waals surface area contributed by atoms with Crippen molar-refractivity contribution in [1.29, 1.82) is 0 Å². The highest BCUT2D eigenvalue weighted by atomic mass is 32.1. The molecule has 3 heterocycles. The Bertz CT molecular complexity index is 1020. The largest absolute Gasteiger partial charge is 0.497 e. The number of hydrogen-bond acceptors (Lipinski definition) is 7. The van der Waals surface area contributed by atoms with E-state index in [0.717, 1.165) is 33.7 Å². The summed E-state index contributed by atoms with van der Waals surface area (Å²) in [4.78, 5) is 23.8. The van der Waals surface area contributed by atoms with E-state index in [1.54, 1.807) is 18.4 Å². The average molecular weight is 439 g/mol. The van der Waals surface area contributed by atoms with E-state index < -0.39 is 0 Å². The van der Waals surface area contributed by atoms with E-state index in [1.807, 2.05) is 59.7 Å². The van der Waals surface area contributed by atoms with Gasteiger partial charge in [0, 0.05) is 18.3 Å². The van der Waals surface area contributed by atoms with Gasteiger partial charge in [-0.15, -0.1) is 11.3 Å². The Balaban J connectivity index is 1.35. The maximum atomic E-state index is 12.8. The monoisotopic (exact) mass is 438 g/mol. The molecule has 1 atom stereocenters. The summed E-state index contributed by atoms with van der Waals surface area (Å²) in [6.07, 6.45) is 0.936. The van der Waals surface area contributed by atoms with E-state index in [-0.39, 0.29) is 12.0 Å². The molecule has 1 amide bonds. The third-order valence-electron chi connectivity index (χ3n) is 5.16. The van der Waals surface area contributed by atoms with Gasteiger partial charge in [-0.1, -0.05) is 18.2 Å². The van der Waals surface area contributed by atoms with E-state index in [4.69, 9.17) is 9.47 Å². The van der Waals surface area contributed by atoms with E-state index >= 15 is 0 Å². The molecule has 1 aliphatic rings. The molecule has 8 heteroatoms. The number of thiazole rings is 1. The first-order valence-electron chi connectivity index (χ1n) is 10.3. The lowest BCUT2D eigenvalue weighted by atomic mass is 10.1. The first-order chi connectivity index (χ1) is 15.1. The highest BCUT2D eigenvalue weighted by Gasteiger charge is 2.26. The maximum Gasteiger partial charge on any atom is 0.223 e. The number of aromatic nitrogens is 2. The Hall–Kier alpha value is -2.97. The summed E-state index contributed by atoms with van der Waals surface area (Å²) in [5.74, 6) is 1.68. The summed E-state index contributed by atoms with van der Waals surface area (Å²) >= 11 is 1.54. The second-order valence-corrected chi connectivity index (χ2v) is 8.27. The van der Waals surface area contributed by atoms with Crippen molar-refractivity contribution in [1.82, 2.24) is 14.9 Å². The molecule has 0 unspecified atom stereocenters. The van der Waals surface area contributed by atoms with Crippen LogP contribution in [-0.4, -0.2) is 47.6 Å². The zero-order valence-electron chi connectivity index (χ0n) is 17.7. The van der Waals surface area contributed by atoms with Gasteiger partial charge in [0.05, 0.1) is 31.6 Å². The van der Waals surface area contributed by atoms with Crippen LogP contribution in [0.5, 0.6) is 5.75 Å². The van der Waals surface area contributed by atoms with E-state index in [9.17, 15) is 4.79 Å². The maximum absolute atomic E-state index is 12.8. The predicted molar refractivity (Wildman–Crippen MR) is 121 cm³/mol. The van der Waals surface area contributed by atoms with Crippen LogP contribution in [0.4, 0.5) is 10.9 Å². The second kappa shape index (κ2) is 9.89. The fraction of sp³-hybridized carbons (Fsp3) is 0.348. The Kier molecular flexibility index (Phi) is 6.79. The van der Waals surface area contributed by atoms with Gasteiger partial charge in [0.15, 0.2) is 5.13 Å². The molecule has 2 aromatic heterocycles. The smallest absolute Gasteiger partial charge is 0.223 e. The van der Waals surface area contributed by atoms with Gasteiger partial charge < -0.3 is 19.7 Å². The van der Waals surface area contributed by atoms with Crippen molar-refractivity contribution in [2.45, 2.75) is 25.9 Å². The first kappa shape index (κ1) is 21.3. The second-order valence-electron chi connectivity index (χ2n) is 7.41. The Morgan fingerprint density at radius 3 is 2.84 bits per heavy atom. The lowest BCUT2D eigenvalue weighted by molar-refractivity contribution is -0.139. The van der Waals surface area contributed by atoms with Crippen LogP contribution in [0.2, 0.25) is 0 Å². The minimum atomic E-state index is -0.238. The number of nitrogens with zero attached hydrogens (tertiary/aromatic N) is 3. The van der Waals surface area contributed by atoms with Crippen molar-refractivity contribution in [3.63, 3.8) is 0 Å². The summed E-state index contributed by atoms with van der Waals surface area (Å²) in [6.45, 7) is 3.58. The number of ether oxygens (including phenoxy) is 2. The van der Waals surface area contributed by atoms with Crippen LogP contribution in [0.15, 0.2) is 47.8 Å². The van der Waals surface area contributed by atoms with Crippen molar-refractivity contribution in [2.24, 2.45) is 0 Å². The fourth-order valence-corrected chi connectivity index (χ4v) is 4.17. The molecular weight excluding hydrogens is 412 g/mol. The summed E-state index contributed by atoms with van der Waals surface area (Å²) in [7, 11) is 1.65. The number of amides is 1. The van der Waals surface area contributed by atoms with Crippen LogP contribution in [0, 0.1) is 6.92 Å². The number of carbonyl (C=O) groups is 1. The lowest BCUT2D eigenvalue weighted by Gasteiger charge is -2.33. The third kappa shape index (κ3) is 5.59. The zero-order valence-corrected chi connectivity index (χ0v) is 18.5. The van der Waals surface area contributed by atoms with Crippen LogP contribution in [0.25, 0.3) is 0 Å². The topological polar surface area (TPSA) is 76.6 Å². The molecule has 1 aliphatic heterocycles. The fourth-order valence-electron chi connectivity index (χ4n) is 3.48. The van der Waals surface area contributed by atoms with Crippen molar-refractivity contribution in [2.75, 3.05) is 32.1 Å². The molecule has 0 spiro atoms. The van der Waals surface area contributed by atoms with Crippen LogP contribution in [-0.2, 0) is 16.0 Å². The van der Waals surface area contributed by atoms with Crippen LogP contribution in [0.3, 0.4) is 0 Å². The van der Waals surface area contributed by atoms with E-state index in [0.29, 0.717) is 32.5 Å². The third-order valence-corrected chi connectivity index (χ3v) is 6.04. The molecule has 1 saturated heterocycles. The summed E-state index contributed by atoms with van der Waals surface area (Å²) in [5, 5.41) is 6.04. The highest BCUT2D eigenvalue weighted by molar-refractivity contribution is 7.13. The molecule has 1 N–H and O–H groups in total. The number of hydrogen-bond donors (Lipinski definition) is 1. The highest BCUT2D eigenvalue weighted by Crippen LogP contribution is 2.25. The number of pyridine rings is 1. The van der Waals surface area contributed by atoms with Crippen molar-refractivity contribution in [3.8, 4) is 5.75 Å². The van der Waals surface area contributed by atoms with Crippen LogP contribution >= 0.6 is 11.3 Å². The van der Waals surface area contributed by atoms with Gasteiger partial charge >= 0.3 is 0 Å². The van der Waals surface area contributed by atoms with Gasteiger partial charge in [-0.2, -0.15) is 0 Å². The number of methoxy groups -OCH3 is 1. The van der Waals surface area contributed by atoms with Gasteiger partial charge in [-0.05, 0) is 43.2 Å². The number of nitrogens with one attached hydrogen (secondary N) is 1. The quantitative estimate of drug-likeness (QED) is 0.598. The number of rotatable bonds is 7. The zero-order chi connectivity index (χ0) is 21.6. The van der Waals surface area contributed by atoms with E-state index in [1.165, 1.54) is 0 Å². The molecule has 162 valence electrons. The van der Waals surface area contributed by atoms with Gasteiger partial charge in [-0.25, -0.2) is 9.97 Å². The minimum Gasteiger partial charge on any atom is -0.497 e.